The zero-order valence-electron chi connectivity index (χ0n) is 18.2. The molecule has 0 saturated heterocycles. The van der Waals surface area contributed by atoms with Gasteiger partial charge in [0, 0.05) is 0 Å². The summed E-state index contributed by atoms with van der Waals surface area (Å²) < 4.78 is 0. The molecule has 0 heterocycles. The summed E-state index contributed by atoms with van der Waals surface area (Å²) in [4.78, 5) is 0. The fourth-order valence-corrected chi connectivity index (χ4v) is 3.80. The fraction of sp³-hybridized carbons (Fsp3) is 0.333. The van der Waals surface area contributed by atoms with E-state index in [1.165, 1.54) is 33.1 Å². The maximum atomic E-state index is 2.31. The molecule has 0 aliphatic rings. The summed E-state index contributed by atoms with van der Waals surface area (Å²) in [6.45, 7) is 13.8. The van der Waals surface area contributed by atoms with E-state index in [2.05, 4.69) is 114 Å². The quantitative estimate of drug-likeness (QED) is 0.499. The van der Waals surface area contributed by atoms with Crippen molar-refractivity contribution in [2.24, 2.45) is 0 Å². The number of rotatable bonds is 6. The van der Waals surface area contributed by atoms with Crippen LogP contribution in [0, 0.1) is 0 Å². The monoisotopic (exact) mass is 368 g/mol. The Kier molecular flexibility index (Phi) is 6.44. The molecule has 144 valence electrons. The Hall–Kier alpha value is -2.28. The van der Waals surface area contributed by atoms with Gasteiger partial charge < -0.3 is 0 Å². The van der Waals surface area contributed by atoms with Gasteiger partial charge in [0.2, 0.25) is 6.71 Å². The van der Waals surface area contributed by atoms with Gasteiger partial charge in [-0.05, 0) is 34.4 Å². The van der Waals surface area contributed by atoms with E-state index in [9.17, 15) is 0 Å². The summed E-state index contributed by atoms with van der Waals surface area (Å²) in [6, 6.07) is 27.6. The Labute approximate surface area is 172 Å². The standard InChI is InChI=1S/C27H33B/c1-19(2)22-7-13-25(14-8-22)28(26-15-9-23(10-16-26)20(3)4)27-17-11-24(12-18-27)21(5)6/h7-21H,1-6H3. The molecule has 0 aliphatic heterocycles. The van der Waals surface area contributed by atoms with E-state index < -0.39 is 0 Å². The average molecular weight is 368 g/mol. The van der Waals surface area contributed by atoms with Crippen molar-refractivity contribution in [1.82, 2.24) is 0 Å². The second-order valence-electron chi connectivity index (χ2n) is 8.90. The minimum absolute atomic E-state index is 0.267. The van der Waals surface area contributed by atoms with Gasteiger partial charge in [-0.15, -0.1) is 0 Å². The molecular formula is C27H33B. The van der Waals surface area contributed by atoms with Gasteiger partial charge in [-0.25, -0.2) is 0 Å². The summed E-state index contributed by atoms with van der Waals surface area (Å²) in [5.41, 5.74) is 8.27. The van der Waals surface area contributed by atoms with E-state index in [1.807, 2.05) is 0 Å². The van der Waals surface area contributed by atoms with E-state index >= 15 is 0 Å². The van der Waals surface area contributed by atoms with Crippen molar-refractivity contribution in [3.05, 3.63) is 89.5 Å². The summed E-state index contributed by atoms with van der Waals surface area (Å²) in [5.74, 6) is 1.68. The van der Waals surface area contributed by atoms with Gasteiger partial charge in [-0.3, -0.25) is 0 Å². The molecule has 0 nitrogen and oxygen atoms in total. The van der Waals surface area contributed by atoms with Crippen LogP contribution in [0.3, 0.4) is 0 Å². The molecule has 28 heavy (non-hydrogen) atoms. The maximum Gasteiger partial charge on any atom is 0.241 e. The van der Waals surface area contributed by atoms with E-state index in [1.54, 1.807) is 0 Å². The Morgan fingerprint density at radius 3 is 0.786 bits per heavy atom. The van der Waals surface area contributed by atoms with Crippen LogP contribution in [0.25, 0.3) is 0 Å². The van der Waals surface area contributed by atoms with Crippen LogP contribution in [0.4, 0.5) is 0 Å². The third-order valence-corrected chi connectivity index (χ3v) is 5.81. The number of hydrogen-bond acceptors (Lipinski definition) is 0. The lowest BCUT2D eigenvalue weighted by atomic mass is 9.37. The fourth-order valence-electron chi connectivity index (χ4n) is 3.80. The van der Waals surface area contributed by atoms with Crippen LogP contribution in [0.15, 0.2) is 72.8 Å². The highest BCUT2D eigenvalue weighted by atomic mass is 14.1. The van der Waals surface area contributed by atoms with Crippen LogP contribution in [0.2, 0.25) is 0 Å². The number of hydrogen-bond donors (Lipinski definition) is 0. The van der Waals surface area contributed by atoms with Crippen molar-refractivity contribution in [3.8, 4) is 0 Å². The Morgan fingerprint density at radius 1 is 0.393 bits per heavy atom. The van der Waals surface area contributed by atoms with Crippen LogP contribution < -0.4 is 16.4 Å². The molecule has 0 saturated carbocycles. The minimum atomic E-state index is 0.267. The van der Waals surface area contributed by atoms with Crippen LogP contribution in [0.1, 0.15) is 76.0 Å². The van der Waals surface area contributed by atoms with Crippen molar-refractivity contribution < 1.29 is 0 Å². The Morgan fingerprint density at radius 2 is 0.607 bits per heavy atom. The molecule has 3 rings (SSSR count). The SMILES string of the molecule is CC(C)c1ccc(B(c2ccc(C(C)C)cc2)c2ccc(C(C)C)cc2)cc1. The molecule has 0 bridgehead atoms. The van der Waals surface area contributed by atoms with Gasteiger partial charge in [-0.1, -0.05) is 131 Å². The van der Waals surface area contributed by atoms with Crippen LogP contribution in [-0.2, 0) is 0 Å². The third kappa shape index (κ3) is 4.58. The van der Waals surface area contributed by atoms with Crippen LogP contribution >= 0.6 is 0 Å². The zero-order valence-corrected chi connectivity index (χ0v) is 18.2. The average Bonchev–Trinajstić information content (AvgIpc) is 2.69. The molecule has 0 spiro atoms. The summed E-state index contributed by atoms with van der Waals surface area (Å²) in [7, 11) is 0. The molecule has 0 fully saturated rings. The van der Waals surface area contributed by atoms with Gasteiger partial charge in [0.25, 0.3) is 0 Å². The minimum Gasteiger partial charge on any atom is -0.0686 e. The highest BCUT2D eigenvalue weighted by Crippen LogP contribution is 2.15. The lowest BCUT2D eigenvalue weighted by Crippen LogP contribution is -2.52. The highest BCUT2D eigenvalue weighted by molar-refractivity contribution is 6.95. The van der Waals surface area contributed by atoms with Crippen molar-refractivity contribution in [2.45, 2.75) is 59.3 Å². The Balaban J connectivity index is 2.04. The van der Waals surface area contributed by atoms with Crippen molar-refractivity contribution in [3.63, 3.8) is 0 Å². The summed E-state index contributed by atoms with van der Waals surface area (Å²) in [6.07, 6.45) is 0. The van der Waals surface area contributed by atoms with Gasteiger partial charge >= 0.3 is 0 Å². The second kappa shape index (κ2) is 8.82. The van der Waals surface area contributed by atoms with E-state index in [4.69, 9.17) is 0 Å². The first-order chi connectivity index (χ1) is 13.4. The molecule has 0 amide bonds. The van der Waals surface area contributed by atoms with E-state index in [0.717, 1.165) is 0 Å². The van der Waals surface area contributed by atoms with E-state index in [0.29, 0.717) is 17.8 Å². The molecule has 0 aliphatic carbocycles. The molecular weight excluding hydrogens is 335 g/mol. The lowest BCUT2D eigenvalue weighted by Gasteiger charge is -2.18. The van der Waals surface area contributed by atoms with Gasteiger partial charge in [0.05, 0.1) is 0 Å². The third-order valence-electron chi connectivity index (χ3n) is 5.81. The second-order valence-corrected chi connectivity index (χ2v) is 8.90. The lowest BCUT2D eigenvalue weighted by molar-refractivity contribution is 0.867. The first kappa shape index (κ1) is 20.5. The molecule has 0 radical (unpaired) electrons. The van der Waals surface area contributed by atoms with Gasteiger partial charge in [0.15, 0.2) is 0 Å². The first-order valence-electron chi connectivity index (χ1n) is 10.7. The van der Waals surface area contributed by atoms with Crippen molar-refractivity contribution in [2.75, 3.05) is 0 Å². The zero-order chi connectivity index (χ0) is 20.3. The smallest absolute Gasteiger partial charge is 0.0686 e. The topological polar surface area (TPSA) is 0 Å². The number of benzene rings is 3. The molecule has 0 unspecified atom stereocenters. The predicted octanol–water partition coefficient (Wildman–Crippen LogP) is 5.57. The normalized spacial score (nSPS) is 11.5. The molecule has 1 heteroatoms. The van der Waals surface area contributed by atoms with Gasteiger partial charge in [-0.2, -0.15) is 0 Å². The van der Waals surface area contributed by atoms with Gasteiger partial charge in [0.1, 0.15) is 0 Å². The molecule has 3 aromatic rings. The summed E-state index contributed by atoms with van der Waals surface area (Å²) >= 11 is 0. The molecule has 0 N–H and O–H groups in total. The maximum absolute atomic E-state index is 2.31. The van der Waals surface area contributed by atoms with Crippen LogP contribution in [0.5, 0.6) is 0 Å². The van der Waals surface area contributed by atoms with Crippen molar-refractivity contribution >= 4 is 23.1 Å². The van der Waals surface area contributed by atoms with E-state index in [-0.39, 0.29) is 6.71 Å². The summed E-state index contributed by atoms with van der Waals surface area (Å²) in [5, 5.41) is 0. The van der Waals surface area contributed by atoms with Crippen LogP contribution in [-0.4, -0.2) is 6.71 Å². The molecule has 3 aromatic carbocycles. The molecule has 0 atom stereocenters. The predicted molar refractivity (Wildman–Crippen MR) is 126 cm³/mol. The first-order valence-corrected chi connectivity index (χ1v) is 10.7. The highest BCUT2D eigenvalue weighted by Gasteiger charge is 2.22. The Bertz CT molecular complexity index is 747. The molecule has 0 aromatic heterocycles. The largest absolute Gasteiger partial charge is 0.241 e. The van der Waals surface area contributed by atoms with Crippen molar-refractivity contribution in [1.29, 1.82) is 0 Å².